The molecule has 3 rings (SSSR count). The summed E-state index contributed by atoms with van der Waals surface area (Å²) in [7, 11) is 0. The van der Waals surface area contributed by atoms with Crippen LogP contribution in [0.15, 0.2) is 12.4 Å². The summed E-state index contributed by atoms with van der Waals surface area (Å²) in [4.78, 5) is 22.8. The highest BCUT2D eigenvalue weighted by Crippen LogP contribution is 2.27. The summed E-state index contributed by atoms with van der Waals surface area (Å²) in [5.74, 6) is -0.156. The van der Waals surface area contributed by atoms with E-state index < -0.39 is 10.5 Å². The second-order valence-electron chi connectivity index (χ2n) is 6.74. The maximum absolute atomic E-state index is 12.6. The average molecular weight is 344 g/mol. The van der Waals surface area contributed by atoms with Gasteiger partial charge in [0.2, 0.25) is 5.91 Å². The Labute approximate surface area is 140 Å². The Morgan fingerprint density at radius 1 is 1.43 bits per heavy atom. The van der Waals surface area contributed by atoms with Gasteiger partial charge in [0.1, 0.15) is 17.9 Å². The molecule has 2 aliphatic heterocycles. The summed E-state index contributed by atoms with van der Waals surface area (Å²) in [5, 5.41) is 21.3. The SMILES string of the molecule is CC(C)(C(=O)NC1CC2CCC(C1)N2)n1cc([N+](=O)[O-])cn1.Cl. The molecule has 2 saturated heterocycles. The molecule has 2 fully saturated rings. The van der Waals surface area contributed by atoms with E-state index in [1.807, 2.05) is 0 Å². The fourth-order valence-corrected chi connectivity index (χ4v) is 3.35. The number of carbonyl (C=O) groups is 1. The van der Waals surface area contributed by atoms with E-state index in [9.17, 15) is 14.9 Å². The van der Waals surface area contributed by atoms with E-state index in [4.69, 9.17) is 0 Å². The lowest BCUT2D eigenvalue weighted by molar-refractivity contribution is -0.385. The molecule has 1 aromatic rings. The Kier molecular flexibility index (Phi) is 4.95. The summed E-state index contributed by atoms with van der Waals surface area (Å²) in [5.41, 5.74) is -1.07. The zero-order chi connectivity index (χ0) is 15.9. The third-order valence-electron chi connectivity index (χ3n) is 4.72. The lowest BCUT2D eigenvalue weighted by atomic mass is 9.97. The number of nitrogens with one attached hydrogen (secondary N) is 2. The molecular formula is C14H22ClN5O3. The molecule has 2 N–H and O–H groups in total. The van der Waals surface area contributed by atoms with Gasteiger partial charge in [0.25, 0.3) is 0 Å². The van der Waals surface area contributed by atoms with Crippen molar-refractivity contribution in [1.82, 2.24) is 20.4 Å². The van der Waals surface area contributed by atoms with Gasteiger partial charge in [-0.3, -0.25) is 19.6 Å². The van der Waals surface area contributed by atoms with Crippen LogP contribution in [0.2, 0.25) is 0 Å². The van der Waals surface area contributed by atoms with Crippen LogP contribution in [0.5, 0.6) is 0 Å². The molecule has 0 spiro atoms. The summed E-state index contributed by atoms with van der Waals surface area (Å²) in [6.07, 6.45) is 6.69. The van der Waals surface area contributed by atoms with Gasteiger partial charge >= 0.3 is 5.69 Å². The topological polar surface area (TPSA) is 102 Å². The van der Waals surface area contributed by atoms with E-state index in [1.165, 1.54) is 29.9 Å². The fourth-order valence-electron chi connectivity index (χ4n) is 3.35. The second-order valence-corrected chi connectivity index (χ2v) is 6.74. The van der Waals surface area contributed by atoms with Gasteiger partial charge in [-0.2, -0.15) is 5.10 Å². The van der Waals surface area contributed by atoms with Gasteiger partial charge in [0, 0.05) is 18.1 Å². The van der Waals surface area contributed by atoms with E-state index in [0.29, 0.717) is 12.1 Å². The first-order valence-corrected chi connectivity index (χ1v) is 7.63. The number of amides is 1. The number of piperidine rings is 1. The minimum Gasteiger partial charge on any atom is -0.351 e. The van der Waals surface area contributed by atoms with Crippen LogP contribution in [0.1, 0.15) is 39.5 Å². The zero-order valence-corrected chi connectivity index (χ0v) is 14.0. The molecule has 0 saturated carbocycles. The van der Waals surface area contributed by atoms with Gasteiger partial charge in [-0.05, 0) is 39.5 Å². The first-order chi connectivity index (χ1) is 10.4. The van der Waals surface area contributed by atoms with Crippen LogP contribution in [-0.2, 0) is 10.3 Å². The number of aromatic nitrogens is 2. The van der Waals surface area contributed by atoms with Crippen LogP contribution in [0.3, 0.4) is 0 Å². The van der Waals surface area contributed by atoms with Crippen molar-refractivity contribution < 1.29 is 9.72 Å². The van der Waals surface area contributed by atoms with Gasteiger partial charge < -0.3 is 10.6 Å². The highest BCUT2D eigenvalue weighted by atomic mass is 35.5. The van der Waals surface area contributed by atoms with Crippen LogP contribution in [0, 0.1) is 10.1 Å². The summed E-state index contributed by atoms with van der Waals surface area (Å²) >= 11 is 0. The lowest BCUT2D eigenvalue weighted by Crippen LogP contribution is -2.53. The molecule has 0 radical (unpaired) electrons. The van der Waals surface area contributed by atoms with Crippen molar-refractivity contribution in [2.75, 3.05) is 0 Å². The van der Waals surface area contributed by atoms with Crippen molar-refractivity contribution in [2.24, 2.45) is 0 Å². The van der Waals surface area contributed by atoms with Crippen LogP contribution in [-0.4, -0.2) is 38.7 Å². The van der Waals surface area contributed by atoms with E-state index in [-0.39, 0.29) is 30.0 Å². The van der Waals surface area contributed by atoms with Crippen molar-refractivity contribution in [2.45, 2.75) is 63.2 Å². The van der Waals surface area contributed by atoms with E-state index in [1.54, 1.807) is 13.8 Å². The molecule has 0 aliphatic carbocycles. The lowest BCUT2D eigenvalue weighted by Gasteiger charge is -2.32. The van der Waals surface area contributed by atoms with Crippen molar-refractivity contribution in [3.05, 3.63) is 22.5 Å². The second kappa shape index (κ2) is 6.45. The Hall–Kier alpha value is -1.67. The van der Waals surface area contributed by atoms with Gasteiger partial charge in [0.05, 0.1) is 4.92 Å². The molecule has 9 heteroatoms. The minimum atomic E-state index is -0.960. The number of nitro groups is 1. The van der Waals surface area contributed by atoms with Gasteiger partial charge in [-0.15, -0.1) is 12.4 Å². The number of rotatable bonds is 4. The summed E-state index contributed by atoms with van der Waals surface area (Å²) in [6.45, 7) is 3.43. The molecule has 23 heavy (non-hydrogen) atoms. The zero-order valence-electron chi connectivity index (χ0n) is 13.2. The number of fused-ring (bicyclic) bond motifs is 2. The number of hydrogen-bond donors (Lipinski definition) is 2. The number of hydrogen-bond acceptors (Lipinski definition) is 5. The largest absolute Gasteiger partial charge is 0.351 e. The standard InChI is InChI=1S/C14H21N5O3.ClH/c1-14(2,18-8-12(7-15-18)19(21)22)13(20)17-11-5-9-3-4-10(6-11)16-9;/h7-11,16H,3-6H2,1-2H3,(H,17,20);1H. The van der Waals surface area contributed by atoms with Crippen molar-refractivity contribution in [1.29, 1.82) is 0 Å². The van der Waals surface area contributed by atoms with Crippen LogP contribution >= 0.6 is 12.4 Å². The van der Waals surface area contributed by atoms with Crippen LogP contribution in [0.4, 0.5) is 5.69 Å². The van der Waals surface area contributed by atoms with Crippen molar-refractivity contribution >= 4 is 24.0 Å². The number of nitrogens with zero attached hydrogens (tertiary/aromatic N) is 3. The molecule has 1 amide bonds. The summed E-state index contributed by atoms with van der Waals surface area (Å²) < 4.78 is 1.36. The summed E-state index contributed by atoms with van der Waals surface area (Å²) in [6, 6.07) is 1.16. The molecular weight excluding hydrogens is 322 g/mol. The van der Waals surface area contributed by atoms with Crippen LogP contribution < -0.4 is 10.6 Å². The van der Waals surface area contributed by atoms with Gasteiger partial charge in [0.15, 0.2) is 0 Å². The molecule has 2 bridgehead atoms. The maximum Gasteiger partial charge on any atom is 0.307 e. The van der Waals surface area contributed by atoms with E-state index in [0.717, 1.165) is 12.8 Å². The smallest absolute Gasteiger partial charge is 0.307 e. The van der Waals surface area contributed by atoms with Crippen molar-refractivity contribution in [3.63, 3.8) is 0 Å². The predicted octanol–water partition coefficient (Wildman–Crippen LogP) is 1.35. The minimum absolute atomic E-state index is 0. The first-order valence-electron chi connectivity index (χ1n) is 7.63. The normalized spacial score (nSPS) is 26.4. The Morgan fingerprint density at radius 2 is 2.04 bits per heavy atom. The number of carbonyl (C=O) groups excluding carboxylic acids is 1. The first kappa shape index (κ1) is 17.7. The van der Waals surface area contributed by atoms with E-state index in [2.05, 4.69) is 15.7 Å². The molecule has 8 nitrogen and oxygen atoms in total. The number of halogens is 1. The Morgan fingerprint density at radius 3 is 2.57 bits per heavy atom. The highest BCUT2D eigenvalue weighted by molar-refractivity contribution is 5.85. The van der Waals surface area contributed by atoms with Crippen molar-refractivity contribution in [3.8, 4) is 0 Å². The van der Waals surface area contributed by atoms with Crippen LogP contribution in [0.25, 0.3) is 0 Å². The Bertz CT molecular complexity index is 591. The molecule has 1 aromatic heterocycles. The maximum atomic E-state index is 12.6. The third kappa shape index (κ3) is 3.48. The predicted molar refractivity (Wildman–Crippen MR) is 86.6 cm³/mol. The van der Waals surface area contributed by atoms with Gasteiger partial charge in [-0.1, -0.05) is 0 Å². The monoisotopic (exact) mass is 343 g/mol. The highest BCUT2D eigenvalue weighted by Gasteiger charge is 2.38. The Balaban J connectivity index is 0.00000192. The van der Waals surface area contributed by atoms with Gasteiger partial charge in [-0.25, -0.2) is 0 Å². The third-order valence-corrected chi connectivity index (χ3v) is 4.72. The molecule has 0 aromatic carbocycles. The average Bonchev–Trinajstić information content (AvgIpc) is 3.06. The quantitative estimate of drug-likeness (QED) is 0.634. The molecule has 3 heterocycles. The molecule has 2 unspecified atom stereocenters. The fraction of sp³-hybridized carbons (Fsp3) is 0.714. The molecule has 2 aliphatic rings. The van der Waals surface area contributed by atoms with E-state index >= 15 is 0 Å². The molecule has 128 valence electrons. The molecule has 2 atom stereocenters.